The van der Waals surface area contributed by atoms with E-state index >= 15 is 0 Å². The summed E-state index contributed by atoms with van der Waals surface area (Å²) in [6.45, 7) is -0.269. The second-order valence-electron chi connectivity index (χ2n) is 4.59. The Labute approximate surface area is 148 Å². The van der Waals surface area contributed by atoms with Gasteiger partial charge >= 0.3 is 0 Å². The molecule has 6 nitrogen and oxygen atoms in total. The quantitative estimate of drug-likeness (QED) is 0.795. The van der Waals surface area contributed by atoms with Crippen molar-refractivity contribution in [3.05, 3.63) is 58.1 Å². The van der Waals surface area contributed by atoms with Gasteiger partial charge in [-0.15, -0.1) is 0 Å². The molecule has 0 aliphatic rings. The monoisotopic (exact) mass is 368 g/mol. The number of carbonyl (C=O) groups is 2. The number of nitrogens with one attached hydrogen (secondary N) is 2. The summed E-state index contributed by atoms with van der Waals surface area (Å²) in [5.74, 6) is -0.269. The summed E-state index contributed by atoms with van der Waals surface area (Å²) in [5, 5.41) is 0.938. The standard InChI is InChI=1S/C16H14Cl2N2O4/c1-23-14-7-4-11(18)8-13(14)16(22)20-19-15(21)9-24-12-5-2-10(17)3-6-12/h2-8H,9H2,1H3,(H,19,21)(H,20,22). The van der Waals surface area contributed by atoms with Gasteiger partial charge in [-0.1, -0.05) is 23.2 Å². The number of methoxy groups -OCH3 is 1. The van der Waals surface area contributed by atoms with E-state index in [1.807, 2.05) is 0 Å². The molecule has 24 heavy (non-hydrogen) atoms. The van der Waals surface area contributed by atoms with Gasteiger partial charge < -0.3 is 9.47 Å². The highest BCUT2D eigenvalue weighted by Crippen LogP contribution is 2.22. The van der Waals surface area contributed by atoms with Gasteiger partial charge in [0.2, 0.25) is 0 Å². The van der Waals surface area contributed by atoms with E-state index in [4.69, 9.17) is 32.7 Å². The molecule has 0 atom stereocenters. The van der Waals surface area contributed by atoms with E-state index in [2.05, 4.69) is 10.9 Å². The first-order chi connectivity index (χ1) is 11.5. The molecule has 126 valence electrons. The highest BCUT2D eigenvalue weighted by molar-refractivity contribution is 6.31. The first-order valence-corrected chi connectivity index (χ1v) is 7.56. The lowest BCUT2D eigenvalue weighted by Gasteiger charge is -2.11. The first-order valence-electron chi connectivity index (χ1n) is 6.80. The van der Waals surface area contributed by atoms with Crippen LogP contribution in [0, 0.1) is 0 Å². The van der Waals surface area contributed by atoms with Gasteiger partial charge in [0.25, 0.3) is 11.8 Å². The maximum atomic E-state index is 12.1. The van der Waals surface area contributed by atoms with Gasteiger partial charge in [-0.05, 0) is 42.5 Å². The van der Waals surface area contributed by atoms with E-state index in [0.717, 1.165) is 0 Å². The van der Waals surface area contributed by atoms with Crippen LogP contribution in [0.2, 0.25) is 10.0 Å². The number of hydrazine groups is 1. The van der Waals surface area contributed by atoms with Crippen molar-refractivity contribution in [2.75, 3.05) is 13.7 Å². The van der Waals surface area contributed by atoms with Gasteiger partial charge in [-0.25, -0.2) is 0 Å². The van der Waals surface area contributed by atoms with E-state index in [0.29, 0.717) is 21.5 Å². The molecule has 2 rings (SSSR count). The lowest BCUT2D eigenvalue weighted by molar-refractivity contribution is -0.123. The van der Waals surface area contributed by atoms with Crippen LogP contribution in [0.15, 0.2) is 42.5 Å². The lowest BCUT2D eigenvalue weighted by atomic mass is 10.2. The molecule has 2 N–H and O–H groups in total. The predicted molar refractivity (Wildman–Crippen MR) is 90.6 cm³/mol. The third-order valence-corrected chi connectivity index (χ3v) is 3.39. The largest absolute Gasteiger partial charge is 0.496 e. The van der Waals surface area contributed by atoms with Gasteiger partial charge in [0.05, 0.1) is 12.7 Å². The SMILES string of the molecule is COc1ccc(Cl)cc1C(=O)NNC(=O)COc1ccc(Cl)cc1. The second-order valence-corrected chi connectivity index (χ2v) is 5.46. The average molecular weight is 369 g/mol. The molecule has 0 aliphatic carbocycles. The molecule has 0 heterocycles. The Bertz CT molecular complexity index is 735. The molecule has 0 saturated heterocycles. The fourth-order valence-electron chi connectivity index (χ4n) is 1.77. The molecule has 2 aromatic rings. The average Bonchev–Trinajstić information content (AvgIpc) is 2.59. The van der Waals surface area contributed by atoms with Crippen molar-refractivity contribution < 1.29 is 19.1 Å². The predicted octanol–water partition coefficient (Wildman–Crippen LogP) is 2.84. The van der Waals surface area contributed by atoms with Crippen molar-refractivity contribution in [2.45, 2.75) is 0 Å². The molecular weight excluding hydrogens is 355 g/mol. The molecule has 0 aliphatic heterocycles. The van der Waals surface area contributed by atoms with E-state index in [-0.39, 0.29) is 12.2 Å². The normalized spacial score (nSPS) is 9.96. The van der Waals surface area contributed by atoms with Crippen LogP contribution in [0.1, 0.15) is 10.4 Å². The summed E-state index contributed by atoms with van der Waals surface area (Å²) in [6, 6.07) is 11.1. The molecule has 0 radical (unpaired) electrons. The van der Waals surface area contributed by atoms with E-state index in [9.17, 15) is 9.59 Å². The fraction of sp³-hybridized carbons (Fsp3) is 0.125. The van der Waals surface area contributed by atoms with Crippen LogP contribution < -0.4 is 20.3 Å². The summed E-state index contributed by atoms with van der Waals surface area (Å²) in [6.07, 6.45) is 0. The molecule has 8 heteroatoms. The zero-order chi connectivity index (χ0) is 17.5. The van der Waals surface area contributed by atoms with Crippen molar-refractivity contribution in [1.82, 2.24) is 10.9 Å². The number of carbonyl (C=O) groups excluding carboxylic acids is 2. The molecular formula is C16H14Cl2N2O4. The van der Waals surface area contributed by atoms with Crippen molar-refractivity contribution >= 4 is 35.0 Å². The maximum Gasteiger partial charge on any atom is 0.276 e. The first kappa shape index (κ1) is 17.9. The zero-order valence-corrected chi connectivity index (χ0v) is 14.1. The van der Waals surface area contributed by atoms with E-state index in [1.165, 1.54) is 13.2 Å². The van der Waals surface area contributed by atoms with E-state index in [1.54, 1.807) is 36.4 Å². The van der Waals surface area contributed by atoms with Crippen LogP contribution in [0.25, 0.3) is 0 Å². The minimum absolute atomic E-state index is 0.198. The van der Waals surface area contributed by atoms with Crippen LogP contribution in [0.3, 0.4) is 0 Å². The van der Waals surface area contributed by atoms with Gasteiger partial charge in [0.15, 0.2) is 6.61 Å². The lowest BCUT2D eigenvalue weighted by Crippen LogP contribution is -2.43. The Hall–Kier alpha value is -2.44. The van der Waals surface area contributed by atoms with Crippen LogP contribution in [0.4, 0.5) is 0 Å². The van der Waals surface area contributed by atoms with Gasteiger partial charge in [0.1, 0.15) is 11.5 Å². The zero-order valence-electron chi connectivity index (χ0n) is 12.6. The van der Waals surface area contributed by atoms with Crippen LogP contribution in [0.5, 0.6) is 11.5 Å². The third kappa shape index (κ3) is 5.04. The Morgan fingerprint density at radius 1 is 1.00 bits per heavy atom. The molecule has 0 bridgehead atoms. The number of hydrogen-bond acceptors (Lipinski definition) is 4. The summed E-state index contributed by atoms with van der Waals surface area (Å²) in [4.78, 5) is 23.8. The summed E-state index contributed by atoms with van der Waals surface area (Å²) in [7, 11) is 1.43. The minimum Gasteiger partial charge on any atom is -0.496 e. The minimum atomic E-state index is -0.561. The van der Waals surface area contributed by atoms with Gasteiger partial charge in [0, 0.05) is 10.0 Å². The van der Waals surface area contributed by atoms with Crippen molar-refractivity contribution in [2.24, 2.45) is 0 Å². The smallest absolute Gasteiger partial charge is 0.276 e. The molecule has 2 amide bonds. The fourth-order valence-corrected chi connectivity index (χ4v) is 2.07. The van der Waals surface area contributed by atoms with Gasteiger partial charge in [-0.2, -0.15) is 0 Å². The Morgan fingerprint density at radius 3 is 2.33 bits per heavy atom. The molecule has 0 unspecified atom stereocenters. The number of benzene rings is 2. The highest BCUT2D eigenvalue weighted by atomic mass is 35.5. The summed E-state index contributed by atoms with van der Waals surface area (Å²) >= 11 is 11.6. The van der Waals surface area contributed by atoms with Crippen LogP contribution >= 0.6 is 23.2 Å². The number of amides is 2. The number of ether oxygens (including phenoxy) is 2. The second kappa shape index (κ2) is 8.42. The molecule has 0 aromatic heterocycles. The van der Waals surface area contributed by atoms with Crippen molar-refractivity contribution in [1.29, 1.82) is 0 Å². The number of rotatable bonds is 5. The Morgan fingerprint density at radius 2 is 1.67 bits per heavy atom. The summed E-state index contributed by atoms with van der Waals surface area (Å²) < 4.78 is 10.3. The third-order valence-electron chi connectivity index (χ3n) is 2.91. The molecule has 0 fully saturated rings. The summed E-state index contributed by atoms with van der Waals surface area (Å²) in [5.41, 5.74) is 4.71. The molecule has 2 aromatic carbocycles. The Balaban J connectivity index is 1.86. The van der Waals surface area contributed by atoms with Crippen molar-refractivity contribution in [3.63, 3.8) is 0 Å². The van der Waals surface area contributed by atoms with Crippen LogP contribution in [-0.2, 0) is 4.79 Å². The maximum absolute atomic E-state index is 12.1. The topological polar surface area (TPSA) is 76.7 Å². The van der Waals surface area contributed by atoms with E-state index < -0.39 is 11.8 Å². The number of halogens is 2. The van der Waals surface area contributed by atoms with Gasteiger partial charge in [-0.3, -0.25) is 20.4 Å². The molecule has 0 saturated carbocycles. The molecule has 0 spiro atoms. The Kier molecular flexibility index (Phi) is 6.28. The van der Waals surface area contributed by atoms with Crippen LogP contribution in [-0.4, -0.2) is 25.5 Å². The highest BCUT2D eigenvalue weighted by Gasteiger charge is 2.14. The number of hydrogen-bond donors (Lipinski definition) is 2. The van der Waals surface area contributed by atoms with Crippen molar-refractivity contribution in [3.8, 4) is 11.5 Å².